The van der Waals surface area contributed by atoms with Gasteiger partial charge in [-0.1, -0.05) is 24.2 Å². The van der Waals surface area contributed by atoms with Gasteiger partial charge in [-0.15, -0.1) is 0 Å². The molecule has 2 fully saturated rings. The molecule has 152 valence electrons. The summed E-state index contributed by atoms with van der Waals surface area (Å²) in [5.41, 5.74) is 3.11. The Morgan fingerprint density at radius 1 is 1.00 bits per heavy atom. The first-order valence-electron chi connectivity index (χ1n) is 10.3. The van der Waals surface area contributed by atoms with E-state index in [1.807, 2.05) is 21.9 Å². The predicted molar refractivity (Wildman–Crippen MR) is 114 cm³/mol. The number of aryl methyl sites for hydroxylation is 2. The highest BCUT2D eigenvalue weighted by molar-refractivity contribution is 7.99. The summed E-state index contributed by atoms with van der Waals surface area (Å²) < 4.78 is 0. The van der Waals surface area contributed by atoms with Crippen LogP contribution in [-0.2, 0) is 4.79 Å². The molecule has 0 radical (unpaired) electrons. The summed E-state index contributed by atoms with van der Waals surface area (Å²) in [6.45, 7) is 6.60. The Bertz CT molecular complexity index is 918. The number of nitrogens with zero attached hydrogens (tertiary/aromatic N) is 3. The first-order valence-corrected chi connectivity index (χ1v) is 11.1. The van der Waals surface area contributed by atoms with Gasteiger partial charge in [-0.3, -0.25) is 9.59 Å². The van der Waals surface area contributed by atoms with Crippen LogP contribution < -0.4 is 0 Å². The van der Waals surface area contributed by atoms with Crippen LogP contribution in [0.3, 0.4) is 0 Å². The highest BCUT2D eigenvalue weighted by atomic mass is 32.2. The topological polar surface area (TPSA) is 53.5 Å². The fourth-order valence-corrected chi connectivity index (χ4v) is 4.71. The largest absolute Gasteiger partial charge is 0.339 e. The van der Waals surface area contributed by atoms with Gasteiger partial charge in [-0.25, -0.2) is 4.98 Å². The molecular formula is C23H27N3O2S. The van der Waals surface area contributed by atoms with Crippen LogP contribution in [0.1, 0.15) is 40.7 Å². The van der Waals surface area contributed by atoms with E-state index in [0.29, 0.717) is 31.7 Å². The molecular weight excluding hydrogens is 382 g/mol. The normalized spacial score (nSPS) is 17.2. The summed E-state index contributed by atoms with van der Waals surface area (Å²) in [6.07, 6.45) is 4.94. The third-order valence-electron chi connectivity index (χ3n) is 6.03. The average Bonchev–Trinajstić information content (AvgIpc) is 2.69. The van der Waals surface area contributed by atoms with E-state index in [0.717, 1.165) is 29.2 Å². The van der Waals surface area contributed by atoms with Gasteiger partial charge in [-0.2, -0.15) is 0 Å². The maximum absolute atomic E-state index is 13.2. The zero-order valence-electron chi connectivity index (χ0n) is 17.1. The quantitative estimate of drug-likeness (QED) is 0.768. The van der Waals surface area contributed by atoms with Gasteiger partial charge in [0.2, 0.25) is 5.91 Å². The SMILES string of the molecule is Cc1ccc(Sc2ncccc2C(=O)N2CCN(C(=O)C3CCC3)CC2)cc1C. The first kappa shape index (κ1) is 20.0. The number of benzene rings is 1. The maximum Gasteiger partial charge on any atom is 0.256 e. The predicted octanol–water partition coefficient (Wildman–Crippen LogP) is 3.93. The Morgan fingerprint density at radius 2 is 1.72 bits per heavy atom. The number of carbonyl (C=O) groups is 2. The summed E-state index contributed by atoms with van der Waals surface area (Å²) in [7, 11) is 0. The molecule has 0 atom stereocenters. The number of hydrogen-bond acceptors (Lipinski definition) is 4. The summed E-state index contributed by atoms with van der Waals surface area (Å²) in [5.74, 6) is 0.493. The van der Waals surface area contributed by atoms with Crippen LogP contribution in [0.4, 0.5) is 0 Å². The Labute approximate surface area is 176 Å². The van der Waals surface area contributed by atoms with E-state index in [4.69, 9.17) is 0 Å². The van der Waals surface area contributed by atoms with Crippen LogP contribution in [0.2, 0.25) is 0 Å². The minimum Gasteiger partial charge on any atom is -0.339 e. The second-order valence-electron chi connectivity index (χ2n) is 7.95. The van der Waals surface area contributed by atoms with E-state index >= 15 is 0 Å². The molecule has 2 aromatic rings. The van der Waals surface area contributed by atoms with Crippen molar-refractivity contribution in [3.8, 4) is 0 Å². The van der Waals surface area contributed by atoms with Crippen molar-refractivity contribution in [2.45, 2.75) is 43.0 Å². The smallest absolute Gasteiger partial charge is 0.256 e. The third-order valence-corrected chi connectivity index (χ3v) is 7.04. The second-order valence-corrected chi connectivity index (χ2v) is 9.01. The zero-order chi connectivity index (χ0) is 20.4. The molecule has 4 rings (SSSR count). The van der Waals surface area contributed by atoms with E-state index in [1.165, 1.54) is 22.9 Å². The summed E-state index contributed by atoms with van der Waals surface area (Å²) in [6, 6.07) is 9.97. The lowest BCUT2D eigenvalue weighted by Crippen LogP contribution is -2.52. The molecule has 2 heterocycles. The molecule has 2 amide bonds. The Kier molecular flexibility index (Phi) is 5.90. The molecule has 29 heavy (non-hydrogen) atoms. The van der Waals surface area contributed by atoms with Crippen molar-refractivity contribution in [3.05, 3.63) is 53.2 Å². The van der Waals surface area contributed by atoms with Crippen molar-refractivity contribution in [2.75, 3.05) is 26.2 Å². The zero-order valence-corrected chi connectivity index (χ0v) is 17.9. The number of amides is 2. The number of hydrogen-bond donors (Lipinski definition) is 0. The molecule has 1 aromatic carbocycles. The van der Waals surface area contributed by atoms with Crippen LogP contribution in [0.5, 0.6) is 0 Å². The molecule has 0 N–H and O–H groups in total. The second kappa shape index (κ2) is 8.57. The molecule has 0 bridgehead atoms. The summed E-state index contributed by atoms with van der Waals surface area (Å²) in [4.78, 5) is 35.0. The van der Waals surface area contributed by atoms with Crippen LogP contribution in [0, 0.1) is 19.8 Å². The van der Waals surface area contributed by atoms with Crippen molar-refractivity contribution >= 4 is 23.6 Å². The lowest BCUT2D eigenvalue weighted by molar-refractivity contribution is -0.139. The molecule has 6 heteroatoms. The third kappa shape index (κ3) is 4.32. The molecule has 2 aliphatic rings. The molecule has 5 nitrogen and oxygen atoms in total. The monoisotopic (exact) mass is 409 g/mol. The molecule has 1 saturated heterocycles. The summed E-state index contributed by atoms with van der Waals surface area (Å²) >= 11 is 1.53. The van der Waals surface area contributed by atoms with Crippen molar-refractivity contribution in [2.24, 2.45) is 5.92 Å². The maximum atomic E-state index is 13.2. The van der Waals surface area contributed by atoms with Gasteiger partial charge in [0.1, 0.15) is 5.03 Å². The van der Waals surface area contributed by atoms with Gasteiger partial charge in [0, 0.05) is 43.2 Å². The average molecular weight is 410 g/mol. The minimum absolute atomic E-state index is 0.000164. The number of piperazine rings is 1. The lowest BCUT2D eigenvalue weighted by atomic mass is 9.84. The van der Waals surface area contributed by atoms with Gasteiger partial charge < -0.3 is 9.80 Å². The van der Waals surface area contributed by atoms with Crippen molar-refractivity contribution < 1.29 is 9.59 Å². The van der Waals surface area contributed by atoms with Crippen LogP contribution >= 0.6 is 11.8 Å². The first-order chi connectivity index (χ1) is 14.0. The highest BCUT2D eigenvalue weighted by Crippen LogP contribution is 2.31. The molecule has 1 aliphatic carbocycles. The van der Waals surface area contributed by atoms with Crippen LogP contribution in [-0.4, -0.2) is 52.8 Å². The molecule has 1 saturated carbocycles. The molecule has 1 aromatic heterocycles. The van der Waals surface area contributed by atoms with E-state index in [9.17, 15) is 9.59 Å². The standard InChI is InChI=1S/C23H27N3O2S/c1-16-8-9-19(15-17(16)2)29-21-20(7-4-10-24-21)23(28)26-13-11-25(12-14-26)22(27)18-5-3-6-18/h4,7-10,15,18H,3,5-6,11-14H2,1-2H3. The van der Waals surface area contributed by atoms with Gasteiger partial charge >= 0.3 is 0 Å². The molecule has 1 aliphatic heterocycles. The van der Waals surface area contributed by atoms with Crippen LogP contribution in [0.15, 0.2) is 46.5 Å². The van der Waals surface area contributed by atoms with E-state index < -0.39 is 0 Å². The van der Waals surface area contributed by atoms with Gasteiger partial charge in [-0.05, 0) is 62.1 Å². The van der Waals surface area contributed by atoms with Crippen molar-refractivity contribution in [1.82, 2.24) is 14.8 Å². The summed E-state index contributed by atoms with van der Waals surface area (Å²) in [5, 5.41) is 0.730. The number of rotatable bonds is 4. The van der Waals surface area contributed by atoms with E-state index in [1.54, 1.807) is 6.20 Å². The number of carbonyl (C=O) groups excluding carboxylic acids is 2. The Morgan fingerprint density at radius 3 is 2.38 bits per heavy atom. The highest BCUT2D eigenvalue weighted by Gasteiger charge is 2.32. The Balaban J connectivity index is 1.44. The van der Waals surface area contributed by atoms with E-state index in [-0.39, 0.29) is 17.7 Å². The lowest BCUT2D eigenvalue weighted by Gasteiger charge is -2.38. The van der Waals surface area contributed by atoms with Gasteiger partial charge in [0.05, 0.1) is 5.56 Å². The fourth-order valence-electron chi connectivity index (χ4n) is 3.74. The van der Waals surface area contributed by atoms with Gasteiger partial charge in [0.15, 0.2) is 0 Å². The van der Waals surface area contributed by atoms with E-state index in [2.05, 4.69) is 37.0 Å². The minimum atomic E-state index is 0.000164. The molecule has 0 spiro atoms. The number of pyridine rings is 1. The Hall–Kier alpha value is -2.34. The van der Waals surface area contributed by atoms with Gasteiger partial charge in [0.25, 0.3) is 5.91 Å². The molecule has 0 unspecified atom stereocenters. The van der Waals surface area contributed by atoms with Crippen molar-refractivity contribution in [3.63, 3.8) is 0 Å². The van der Waals surface area contributed by atoms with Crippen LogP contribution in [0.25, 0.3) is 0 Å². The van der Waals surface area contributed by atoms with Crippen molar-refractivity contribution in [1.29, 1.82) is 0 Å². The fraction of sp³-hybridized carbons (Fsp3) is 0.435. The number of aromatic nitrogens is 1.